The molecule has 5 aromatic rings. The monoisotopic (exact) mass is 846 g/mol. The van der Waals surface area contributed by atoms with Crippen LogP contribution in [0.1, 0.15) is 224 Å². The SMILES string of the molecule is [2H]c1c([2H])c(C(C)(C)C)c([2H])c2c1B1c3c(cc(C4([2H])C([2H])([2H])C([2H])([2H])C([2H])([2H])C4([2H])[2H])cc3N(c3c([2H])c(C(C)(C)C)c([2H])c(C(C)(C)C)c3[2H])c3c([2H])c(C(C)(C)C)c([2H])c([2H])c31)N2c1c([2H])c(C(C)(C)C)c([2H])c(C(C)(C)C)c1[2H]. The molecule has 0 N–H and O–H groups in total. The van der Waals surface area contributed by atoms with Crippen LogP contribution in [0.15, 0.2) is 84.6 Å². The summed E-state index contributed by atoms with van der Waals surface area (Å²) in [5.41, 5.74) is -8.47. The van der Waals surface area contributed by atoms with Crippen molar-refractivity contribution in [2.45, 2.75) is 189 Å². The molecule has 3 heteroatoms. The zero-order valence-corrected chi connectivity index (χ0v) is 40.1. The van der Waals surface area contributed by atoms with Crippen molar-refractivity contribution in [1.29, 1.82) is 0 Å². The quantitative estimate of drug-likeness (QED) is 0.164. The summed E-state index contributed by atoms with van der Waals surface area (Å²) in [6.07, 6.45) is -15.0. The van der Waals surface area contributed by atoms with E-state index in [9.17, 15) is 23.3 Å². The number of benzene rings is 5. The van der Waals surface area contributed by atoms with E-state index in [0.717, 1.165) is 12.1 Å². The van der Waals surface area contributed by atoms with Gasteiger partial charge in [0.25, 0.3) is 6.71 Å². The van der Waals surface area contributed by atoms with Gasteiger partial charge in [0, 0.05) is 46.5 Å². The van der Waals surface area contributed by atoms with E-state index in [4.69, 9.17) is 5.48 Å². The average Bonchev–Trinajstić information content (AvgIpc) is 1.66. The molecule has 0 atom stereocenters. The van der Waals surface area contributed by atoms with Gasteiger partial charge in [-0.3, -0.25) is 0 Å². The number of fused-ring (bicyclic) bond motifs is 4. The van der Waals surface area contributed by atoms with E-state index in [0.29, 0.717) is 0 Å². The van der Waals surface area contributed by atoms with Crippen molar-refractivity contribution in [1.82, 2.24) is 0 Å². The second-order valence-corrected chi connectivity index (χ2v) is 23.4. The molecule has 0 aromatic heterocycles. The summed E-state index contributed by atoms with van der Waals surface area (Å²) in [5.74, 6) is -3.61. The highest BCUT2D eigenvalue weighted by Crippen LogP contribution is 2.50. The molecule has 8 rings (SSSR count). The lowest BCUT2D eigenvalue weighted by Crippen LogP contribution is -2.61. The van der Waals surface area contributed by atoms with Gasteiger partial charge < -0.3 is 9.80 Å². The predicted molar refractivity (Wildman–Crippen MR) is 274 cm³/mol. The standard InChI is InChI=1S/C59H77BN2/c1-54(2,3)39-23-25-47-49(35-39)61(45-31-41(56(7,8)9)29-42(32-45)57(10,11)12)51-27-38(37-21-19-20-22-37)28-52-53(51)60(47)48-26-24-40(55(4,5)6)36-50(48)62(52)46-33-43(58(13,14)15)30-44(34-46)59(16,17)18/h23-37H,19-22H2,1-18H3/i19D2,20D2,21D2,22D2,23D,24D,25D,26D,29D,30D,31D,32D,33D,34D,35D,36D,37D. The number of nitrogens with zero attached hydrogens (tertiary/aromatic N) is 2. The minimum Gasteiger partial charge on any atom is -0.311 e. The molecule has 3 aliphatic rings. The Kier molecular flexibility index (Phi) is 5.98. The summed E-state index contributed by atoms with van der Waals surface area (Å²) in [6, 6.07) is -2.30. The van der Waals surface area contributed by atoms with Gasteiger partial charge in [-0.1, -0.05) is 174 Å². The maximum Gasteiger partial charge on any atom is 0.252 e. The fraction of sp³-hybridized carbons (Fsp3) is 0.492. The third-order valence-corrected chi connectivity index (χ3v) is 11.7. The van der Waals surface area contributed by atoms with Gasteiger partial charge in [0.2, 0.25) is 0 Å². The van der Waals surface area contributed by atoms with Gasteiger partial charge in [-0.15, -0.1) is 0 Å². The first-order chi connectivity index (χ1) is 37.0. The van der Waals surface area contributed by atoms with Crippen LogP contribution in [0.25, 0.3) is 0 Å². The smallest absolute Gasteiger partial charge is 0.252 e. The molecule has 0 amide bonds. The van der Waals surface area contributed by atoms with Crippen LogP contribution in [0.5, 0.6) is 0 Å². The summed E-state index contributed by atoms with van der Waals surface area (Å²) < 4.78 is 207. The summed E-state index contributed by atoms with van der Waals surface area (Å²) in [6.45, 7) is 30.1. The van der Waals surface area contributed by atoms with Gasteiger partial charge in [0.1, 0.15) is 0 Å². The molecular formula is C59H77BN2. The van der Waals surface area contributed by atoms with Gasteiger partial charge in [-0.05, 0) is 155 Å². The van der Waals surface area contributed by atoms with Crippen LogP contribution in [0.4, 0.5) is 34.1 Å². The predicted octanol–water partition coefficient (Wildman–Crippen LogP) is 15.2. The Balaban J connectivity index is 1.85. The maximum atomic E-state index is 10.5. The molecule has 2 aliphatic heterocycles. The van der Waals surface area contributed by atoms with Crippen molar-refractivity contribution < 1.29 is 28.8 Å². The second kappa shape index (κ2) is 14.7. The van der Waals surface area contributed by atoms with Crippen LogP contribution in [0.3, 0.4) is 0 Å². The van der Waals surface area contributed by atoms with E-state index in [1.165, 1.54) is 9.80 Å². The van der Waals surface area contributed by atoms with Crippen LogP contribution in [0, 0.1) is 0 Å². The van der Waals surface area contributed by atoms with Crippen molar-refractivity contribution in [3.05, 3.63) is 124 Å². The molecule has 2 heterocycles. The lowest BCUT2D eigenvalue weighted by atomic mass is 9.33. The molecule has 0 saturated heterocycles. The molecule has 326 valence electrons. The van der Waals surface area contributed by atoms with Crippen LogP contribution in [-0.4, -0.2) is 6.71 Å². The Morgan fingerprint density at radius 1 is 0.452 bits per heavy atom. The van der Waals surface area contributed by atoms with E-state index in [1.54, 1.807) is 125 Å². The van der Waals surface area contributed by atoms with Gasteiger partial charge in [-0.25, -0.2) is 0 Å². The molecule has 1 saturated carbocycles. The van der Waals surface area contributed by atoms with Crippen molar-refractivity contribution in [2.24, 2.45) is 0 Å². The minimum atomic E-state index is -3.77. The molecule has 62 heavy (non-hydrogen) atoms. The first kappa shape index (κ1) is 25.3. The van der Waals surface area contributed by atoms with Crippen molar-refractivity contribution in [2.75, 3.05) is 9.80 Å². The Morgan fingerprint density at radius 2 is 0.774 bits per heavy atom. The lowest BCUT2D eigenvalue weighted by molar-refractivity contribution is 0.568. The van der Waals surface area contributed by atoms with Crippen molar-refractivity contribution >= 4 is 57.2 Å². The van der Waals surface area contributed by atoms with Gasteiger partial charge in [0.15, 0.2) is 0 Å². The number of hydrogen-bond donors (Lipinski definition) is 0. The van der Waals surface area contributed by atoms with E-state index in [-0.39, 0.29) is 96.0 Å². The maximum absolute atomic E-state index is 10.5. The Hall–Kier alpha value is -4.24. The second-order valence-electron chi connectivity index (χ2n) is 23.4. The Labute approximate surface area is 407 Å². The Bertz CT molecular complexity index is 3340. The van der Waals surface area contributed by atoms with Gasteiger partial charge >= 0.3 is 0 Å². The van der Waals surface area contributed by atoms with Crippen LogP contribution < -0.4 is 26.2 Å². The summed E-state index contributed by atoms with van der Waals surface area (Å²) in [5, 5.41) is 0. The highest BCUT2D eigenvalue weighted by atomic mass is 15.2. The van der Waals surface area contributed by atoms with Crippen LogP contribution in [0.2, 0.25) is 0 Å². The molecule has 0 bridgehead atoms. The van der Waals surface area contributed by atoms with Crippen LogP contribution >= 0.6 is 0 Å². The summed E-state index contributed by atoms with van der Waals surface area (Å²) in [4.78, 5) is 2.59. The molecule has 1 aliphatic carbocycles. The molecule has 0 radical (unpaired) electrons. The fourth-order valence-corrected chi connectivity index (χ4v) is 7.90. The van der Waals surface area contributed by atoms with E-state index >= 15 is 0 Å². The zero-order valence-electron chi connectivity index (χ0n) is 61.1. The topological polar surface area (TPSA) is 6.48 Å². The third kappa shape index (κ3) is 7.98. The molecule has 0 unspecified atom stereocenters. The van der Waals surface area contributed by atoms with E-state index in [1.807, 2.05) is 0 Å². The number of hydrogen-bond acceptors (Lipinski definition) is 2. The first-order valence-electron chi connectivity index (χ1n) is 32.4. The first-order valence-corrected chi connectivity index (χ1v) is 21.9. The molecule has 0 spiro atoms. The fourth-order valence-electron chi connectivity index (χ4n) is 7.90. The van der Waals surface area contributed by atoms with E-state index in [2.05, 4.69) is 0 Å². The summed E-state index contributed by atoms with van der Waals surface area (Å²) >= 11 is 0. The number of rotatable bonds is 3. The zero-order chi connectivity index (χ0) is 63.8. The molecule has 2 nitrogen and oxygen atoms in total. The van der Waals surface area contributed by atoms with Gasteiger partial charge in [0.05, 0.1) is 16.4 Å². The summed E-state index contributed by atoms with van der Waals surface area (Å²) in [7, 11) is 0. The van der Waals surface area contributed by atoms with Crippen LogP contribution in [-0.2, 0) is 32.5 Å². The minimum absolute atomic E-state index is 0.0157. The number of anilines is 6. The highest BCUT2D eigenvalue weighted by molar-refractivity contribution is 7.00. The normalized spacial score (nSPS) is 24.7. The Morgan fingerprint density at radius 3 is 1.08 bits per heavy atom. The highest BCUT2D eigenvalue weighted by Gasteiger charge is 2.45. The molecule has 5 aromatic carbocycles. The molecule has 1 fully saturated rings. The van der Waals surface area contributed by atoms with E-state index < -0.39 is 137 Å². The third-order valence-electron chi connectivity index (χ3n) is 11.7. The lowest BCUT2D eigenvalue weighted by Gasteiger charge is -2.46. The van der Waals surface area contributed by atoms with Gasteiger partial charge in [-0.2, -0.15) is 0 Å². The average molecular weight is 846 g/mol. The van der Waals surface area contributed by atoms with Crippen molar-refractivity contribution in [3.8, 4) is 0 Å². The largest absolute Gasteiger partial charge is 0.311 e. The molecular weight excluding hydrogens is 747 g/mol. The van der Waals surface area contributed by atoms with Crippen molar-refractivity contribution in [3.63, 3.8) is 0 Å².